The lowest BCUT2D eigenvalue weighted by molar-refractivity contribution is 0.438. The van der Waals surface area contributed by atoms with Crippen molar-refractivity contribution in [2.24, 2.45) is 0 Å². The first-order valence-electron chi connectivity index (χ1n) is 6.29. The highest BCUT2D eigenvalue weighted by molar-refractivity contribution is 9.10. The van der Waals surface area contributed by atoms with Crippen LogP contribution in [0.5, 0.6) is 11.8 Å². The SMILES string of the molecule is CCNc1nc(Oc2ccc(Cl)cc2Br)nc(N(C)C)n1. The standard InChI is InChI=1S/C13H15BrClN5O/c1-4-16-11-17-12(20(2)3)19-13(18-11)21-10-6-5-8(15)7-9(10)14/h5-7H,4H2,1-3H3,(H,16,17,18,19). The number of aromatic nitrogens is 3. The third-order valence-corrected chi connectivity index (χ3v) is 3.29. The largest absolute Gasteiger partial charge is 0.423 e. The molecule has 0 aliphatic heterocycles. The second kappa shape index (κ2) is 6.91. The van der Waals surface area contributed by atoms with Crippen LogP contribution in [0.4, 0.5) is 11.9 Å². The van der Waals surface area contributed by atoms with Crippen LogP contribution in [0.25, 0.3) is 0 Å². The molecule has 0 amide bonds. The summed E-state index contributed by atoms with van der Waals surface area (Å²) < 4.78 is 6.44. The van der Waals surface area contributed by atoms with E-state index in [1.165, 1.54) is 0 Å². The Kier molecular flexibility index (Phi) is 5.19. The molecule has 1 aromatic carbocycles. The molecule has 0 bridgehead atoms. The van der Waals surface area contributed by atoms with Gasteiger partial charge in [0.25, 0.3) is 0 Å². The molecule has 0 fully saturated rings. The molecule has 0 unspecified atom stereocenters. The number of benzene rings is 1. The Morgan fingerprint density at radius 3 is 2.67 bits per heavy atom. The van der Waals surface area contributed by atoms with Crippen LogP contribution in [-0.4, -0.2) is 35.6 Å². The third-order valence-electron chi connectivity index (χ3n) is 2.43. The van der Waals surface area contributed by atoms with E-state index in [1.54, 1.807) is 23.1 Å². The molecular weight excluding hydrogens is 358 g/mol. The zero-order valence-corrected chi connectivity index (χ0v) is 14.2. The van der Waals surface area contributed by atoms with Gasteiger partial charge in [-0.1, -0.05) is 11.6 Å². The molecule has 1 N–H and O–H groups in total. The van der Waals surface area contributed by atoms with E-state index in [0.717, 1.165) is 4.47 Å². The molecule has 0 aliphatic rings. The summed E-state index contributed by atoms with van der Waals surface area (Å²) in [5.74, 6) is 1.56. The van der Waals surface area contributed by atoms with E-state index in [9.17, 15) is 0 Å². The van der Waals surface area contributed by atoms with Crippen molar-refractivity contribution in [3.8, 4) is 11.8 Å². The summed E-state index contributed by atoms with van der Waals surface area (Å²) in [6.45, 7) is 2.68. The van der Waals surface area contributed by atoms with Gasteiger partial charge in [0.1, 0.15) is 5.75 Å². The number of nitrogens with one attached hydrogen (secondary N) is 1. The van der Waals surface area contributed by atoms with Gasteiger partial charge in [-0.25, -0.2) is 0 Å². The average molecular weight is 373 g/mol. The van der Waals surface area contributed by atoms with Gasteiger partial charge < -0.3 is 15.0 Å². The zero-order valence-electron chi connectivity index (χ0n) is 11.9. The maximum absolute atomic E-state index is 5.91. The summed E-state index contributed by atoms with van der Waals surface area (Å²) in [4.78, 5) is 14.6. The highest BCUT2D eigenvalue weighted by Gasteiger charge is 2.11. The molecule has 2 aromatic rings. The van der Waals surface area contributed by atoms with Crippen LogP contribution in [0, 0.1) is 0 Å². The van der Waals surface area contributed by atoms with Gasteiger partial charge in [-0.05, 0) is 41.1 Å². The number of rotatable bonds is 5. The smallest absolute Gasteiger partial charge is 0.328 e. The van der Waals surface area contributed by atoms with E-state index in [0.29, 0.717) is 29.2 Å². The Morgan fingerprint density at radius 1 is 1.29 bits per heavy atom. The van der Waals surface area contributed by atoms with Crippen molar-refractivity contribution in [1.29, 1.82) is 0 Å². The lowest BCUT2D eigenvalue weighted by Crippen LogP contribution is -2.15. The van der Waals surface area contributed by atoms with Gasteiger partial charge in [0.15, 0.2) is 0 Å². The number of ether oxygens (including phenoxy) is 1. The van der Waals surface area contributed by atoms with E-state index < -0.39 is 0 Å². The normalized spacial score (nSPS) is 10.3. The molecule has 1 heterocycles. The molecule has 0 saturated heterocycles. The second-order valence-electron chi connectivity index (χ2n) is 4.34. The molecular formula is C13H15BrClN5O. The van der Waals surface area contributed by atoms with Crippen molar-refractivity contribution >= 4 is 39.4 Å². The molecule has 0 atom stereocenters. The summed E-state index contributed by atoms with van der Waals surface area (Å²) >= 11 is 9.30. The summed E-state index contributed by atoms with van der Waals surface area (Å²) in [6.07, 6.45) is 0. The van der Waals surface area contributed by atoms with Crippen LogP contribution in [0.1, 0.15) is 6.92 Å². The number of anilines is 2. The molecule has 1 aromatic heterocycles. The summed E-state index contributed by atoms with van der Waals surface area (Å²) in [5.41, 5.74) is 0. The maximum Gasteiger partial charge on any atom is 0.328 e. The molecule has 0 radical (unpaired) electrons. The number of halogens is 2. The third kappa shape index (κ3) is 4.18. The Bertz CT molecular complexity index is 638. The first kappa shape index (κ1) is 15.8. The molecule has 0 aliphatic carbocycles. The maximum atomic E-state index is 5.91. The first-order valence-corrected chi connectivity index (χ1v) is 7.47. The highest BCUT2D eigenvalue weighted by Crippen LogP contribution is 2.31. The van der Waals surface area contributed by atoms with Gasteiger partial charge in [0, 0.05) is 25.7 Å². The quantitative estimate of drug-likeness (QED) is 0.865. The molecule has 0 spiro atoms. The van der Waals surface area contributed by atoms with Crippen molar-refractivity contribution in [2.75, 3.05) is 30.9 Å². The Labute approximate surface area is 136 Å². The summed E-state index contributed by atoms with van der Waals surface area (Å²) in [7, 11) is 3.71. The van der Waals surface area contributed by atoms with Crippen molar-refractivity contribution in [3.05, 3.63) is 27.7 Å². The van der Waals surface area contributed by atoms with Crippen LogP contribution in [0.2, 0.25) is 5.02 Å². The van der Waals surface area contributed by atoms with Gasteiger partial charge in [-0.2, -0.15) is 15.0 Å². The van der Waals surface area contributed by atoms with E-state index >= 15 is 0 Å². The number of hydrogen-bond donors (Lipinski definition) is 1. The van der Waals surface area contributed by atoms with Crippen LogP contribution in [0.15, 0.2) is 22.7 Å². The number of hydrogen-bond acceptors (Lipinski definition) is 6. The zero-order chi connectivity index (χ0) is 15.4. The van der Waals surface area contributed by atoms with Gasteiger partial charge in [0.05, 0.1) is 4.47 Å². The fourth-order valence-corrected chi connectivity index (χ4v) is 2.25. The second-order valence-corrected chi connectivity index (χ2v) is 5.63. The Balaban J connectivity index is 2.33. The van der Waals surface area contributed by atoms with E-state index in [-0.39, 0.29) is 6.01 Å². The van der Waals surface area contributed by atoms with Crippen LogP contribution in [-0.2, 0) is 0 Å². The molecule has 0 saturated carbocycles. The fourth-order valence-electron chi connectivity index (χ4n) is 1.49. The molecule has 6 nitrogen and oxygen atoms in total. The van der Waals surface area contributed by atoms with Crippen molar-refractivity contribution < 1.29 is 4.74 Å². The van der Waals surface area contributed by atoms with Crippen LogP contribution >= 0.6 is 27.5 Å². The lowest BCUT2D eigenvalue weighted by Gasteiger charge is -2.13. The monoisotopic (exact) mass is 371 g/mol. The fraction of sp³-hybridized carbons (Fsp3) is 0.308. The van der Waals surface area contributed by atoms with Crippen molar-refractivity contribution in [2.45, 2.75) is 6.92 Å². The molecule has 21 heavy (non-hydrogen) atoms. The minimum Gasteiger partial charge on any atom is -0.423 e. The predicted molar refractivity (Wildman–Crippen MR) is 87.5 cm³/mol. The average Bonchev–Trinajstić information content (AvgIpc) is 2.42. The Hall–Kier alpha value is -1.60. The lowest BCUT2D eigenvalue weighted by atomic mass is 10.3. The highest BCUT2D eigenvalue weighted by atomic mass is 79.9. The molecule has 8 heteroatoms. The minimum absolute atomic E-state index is 0.215. The van der Waals surface area contributed by atoms with E-state index in [1.807, 2.05) is 21.0 Å². The van der Waals surface area contributed by atoms with Crippen LogP contribution in [0.3, 0.4) is 0 Å². The van der Waals surface area contributed by atoms with Gasteiger partial charge >= 0.3 is 6.01 Å². The number of nitrogens with zero attached hydrogens (tertiary/aromatic N) is 4. The molecule has 2 rings (SSSR count). The van der Waals surface area contributed by atoms with Crippen molar-refractivity contribution in [1.82, 2.24) is 15.0 Å². The van der Waals surface area contributed by atoms with Gasteiger partial charge in [-0.15, -0.1) is 0 Å². The van der Waals surface area contributed by atoms with Gasteiger partial charge in [-0.3, -0.25) is 0 Å². The first-order chi connectivity index (χ1) is 9.99. The molecule has 112 valence electrons. The Morgan fingerprint density at radius 2 is 2.05 bits per heavy atom. The van der Waals surface area contributed by atoms with E-state index in [4.69, 9.17) is 16.3 Å². The van der Waals surface area contributed by atoms with Gasteiger partial charge in [0.2, 0.25) is 11.9 Å². The van der Waals surface area contributed by atoms with Crippen molar-refractivity contribution in [3.63, 3.8) is 0 Å². The summed E-state index contributed by atoms with van der Waals surface area (Å²) in [5, 5.41) is 3.67. The van der Waals surface area contributed by atoms with E-state index in [2.05, 4.69) is 36.2 Å². The van der Waals surface area contributed by atoms with Crippen LogP contribution < -0.4 is 15.0 Å². The summed E-state index contributed by atoms with van der Waals surface area (Å²) in [6, 6.07) is 5.45. The minimum atomic E-state index is 0.215. The topological polar surface area (TPSA) is 63.2 Å². The predicted octanol–water partition coefficient (Wildman–Crippen LogP) is 3.58.